The highest BCUT2D eigenvalue weighted by Crippen LogP contribution is 2.22. The first kappa shape index (κ1) is 19.9. The van der Waals surface area contributed by atoms with Gasteiger partial charge >= 0.3 is 0 Å². The molecule has 144 valence electrons. The van der Waals surface area contributed by atoms with Crippen molar-refractivity contribution in [1.29, 1.82) is 0 Å². The maximum Gasteiger partial charge on any atom is 0.255 e. The third kappa shape index (κ3) is 4.91. The minimum absolute atomic E-state index is 0.176. The minimum atomic E-state index is -3.57. The van der Waals surface area contributed by atoms with E-state index >= 15 is 0 Å². The lowest BCUT2D eigenvalue weighted by Crippen LogP contribution is -2.32. The molecule has 0 aromatic heterocycles. The van der Waals surface area contributed by atoms with Gasteiger partial charge < -0.3 is 5.32 Å². The van der Waals surface area contributed by atoms with Gasteiger partial charge in [0.15, 0.2) is 0 Å². The van der Waals surface area contributed by atoms with Crippen molar-refractivity contribution in [3.63, 3.8) is 0 Å². The zero-order valence-electron chi connectivity index (χ0n) is 15.3. The Hall–Kier alpha value is -1.83. The molecule has 0 unspecified atom stereocenters. The van der Waals surface area contributed by atoms with E-state index in [1.54, 1.807) is 30.0 Å². The van der Waals surface area contributed by atoms with E-state index in [4.69, 9.17) is 0 Å². The second-order valence-corrected chi connectivity index (χ2v) is 9.35. The average Bonchev–Trinajstić information content (AvgIpc) is 2.99. The number of hydrogen-bond acceptors (Lipinski definition) is 4. The van der Waals surface area contributed by atoms with Crippen molar-refractivity contribution in [2.24, 2.45) is 0 Å². The summed E-state index contributed by atoms with van der Waals surface area (Å²) >= 11 is 1.63. The summed E-state index contributed by atoms with van der Waals surface area (Å²) in [7, 11) is -3.57. The van der Waals surface area contributed by atoms with Gasteiger partial charge in [-0.3, -0.25) is 4.79 Å². The summed E-state index contributed by atoms with van der Waals surface area (Å²) in [6, 6.07) is 13.8. The Bertz CT molecular complexity index is 888. The normalized spacial score (nSPS) is 15.9. The van der Waals surface area contributed by atoms with Crippen molar-refractivity contribution < 1.29 is 13.2 Å². The van der Waals surface area contributed by atoms with Crippen LogP contribution >= 0.6 is 11.8 Å². The Balaban J connectivity index is 1.78. The average molecular weight is 405 g/mol. The summed E-state index contributed by atoms with van der Waals surface area (Å²) in [6.07, 6.45) is 5.87. The number of carbonyl (C=O) groups excluding carboxylic acids is 1. The maximum atomic E-state index is 12.9. The van der Waals surface area contributed by atoms with Crippen molar-refractivity contribution in [2.45, 2.75) is 35.5 Å². The number of nitrogens with one attached hydrogen (secondary N) is 1. The number of carbonyl (C=O) groups is 1. The van der Waals surface area contributed by atoms with Crippen molar-refractivity contribution >= 4 is 33.4 Å². The van der Waals surface area contributed by atoms with Gasteiger partial charge in [0, 0.05) is 29.2 Å². The van der Waals surface area contributed by atoms with Gasteiger partial charge in [-0.1, -0.05) is 18.9 Å². The SMILES string of the molecule is CSc1ccc(NC(=O)c2cccc(S(=O)(=O)N3CCCCCC3)c2)cc1. The maximum absolute atomic E-state index is 12.9. The first-order valence-corrected chi connectivity index (χ1v) is 11.7. The Labute approximate surface area is 165 Å². The molecule has 0 bridgehead atoms. The number of anilines is 1. The third-order valence-corrected chi connectivity index (χ3v) is 7.29. The highest BCUT2D eigenvalue weighted by Gasteiger charge is 2.25. The van der Waals surface area contributed by atoms with Crippen molar-refractivity contribution in [3.05, 3.63) is 54.1 Å². The monoisotopic (exact) mass is 404 g/mol. The Morgan fingerprint density at radius 3 is 2.30 bits per heavy atom. The number of sulfonamides is 1. The largest absolute Gasteiger partial charge is 0.322 e. The predicted octanol–water partition coefficient (Wildman–Crippen LogP) is 4.23. The molecule has 27 heavy (non-hydrogen) atoms. The van der Waals surface area contributed by atoms with Crippen LogP contribution in [-0.4, -0.2) is 38.0 Å². The zero-order chi connectivity index (χ0) is 19.3. The summed E-state index contributed by atoms with van der Waals surface area (Å²) in [5, 5.41) is 2.82. The molecule has 5 nitrogen and oxygen atoms in total. The van der Waals surface area contributed by atoms with Crippen LogP contribution in [-0.2, 0) is 10.0 Å². The predicted molar refractivity (Wildman–Crippen MR) is 110 cm³/mol. The third-order valence-electron chi connectivity index (χ3n) is 4.65. The summed E-state index contributed by atoms with van der Waals surface area (Å²) in [4.78, 5) is 13.8. The van der Waals surface area contributed by atoms with E-state index < -0.39 is 10.0 Å². The number of rotatable bonds is 5. The molecule has 0 saturated carbocycles. The van der Waals surface area contributed by atoms with Crippen LogP contribution in [0.15, 0.2) is 58.3 Å². The van der Waals surface area contributed by atoms with Crippen LogP contribution < -0.4 is 5.32 Å². The molecule has 1 heterocycles. The Morgan fingerprint density at radius 1 is 1.00 bits per heavy atom. The highest BCUT2D eigenvalue weighted by molar-refractivity contribution is 7.98. The first-order chi connectivity index (χ1) is 13.0. The highest BCUT2D eigenvalue weighted by atomic mass is 32.2. The molecule has 1 saturated heterocycles. The van der Waals surface area contributed by atoms with Crippen molar-refractivity contribution in [1.82, 2.24) is 4.31 Å². The van der Waals surface area contributed by atoms with E-state index in [2.05, 4.69) is 5.32 Å². The molecule has 0 spiro atoms. The van der Waals surface area contributed by atoms with Crippen LogP contribution in [0.2, 0.25) is 0 Å². The zero-order valence-corrected chi connectivity index (χ0v) is 17.0. The van der Waals surface area contributed by atoms with E-state index in [9.17, 15) is 13.2 Å². The van der Waals surface area contributed by atoms with Crippen LogP contribution in [0.4, 0.5) is 5.69 Å². The second kappa shape index (κ2) is 8.91. The Kier molecular flexibility index (Phi) is 6.57. The standard InChI is InChI=1S/C20H24N2O3S2/c1-26-18-11-9-17(10-12-18)21-20(23)16-7-6-8-19(15-16)27(24,25)22-13-4-2-3-5-14-22/h6-12,15H,2-5,13-14H2,1H3,(H,21,23). The van der Waals surface area contributed by atoms with Gasteiger partial charge in [-0.25, -0.2) is 8.42 Å². The molecule has 1 aliphatic heterocycles. The number of thioether (sulfide) groups is 1. The van der Waals surface area contributed by atoms with E-state index in [0.29, 0.717) is 24.3 Å². The molecule has 1 aliphatic rings. The Morgan fingerprint density at radius 2 is 1.67 bits per heavy atom. The van der Waals surface area contributed by atoms with Gasteiger partial charge in [0.05, 0.1) is 4.90 Å². The van der Waals surface area contributed by atoms with Gasteiger partial charge in [-0.2, -0.15) is 4.31 Å². The van der Waals surface area contributed by atoms with Gasteiger partial charge in [0.25, 0.3) is 5.91 Å². The van der Waals surface area contributed by atoms with Gasteiger partial charge in [0.1, 0.15) is 0 Å². The smallest absolute Gasteiger partial charge is 0.255 e. The quantitative estimate of drug-likeness (QED) is 0.758. The molecular weight excluding hydrogens is 380 g/mol. The lowest BCUT2D eigenvalue weighted by atomic mass is 10.2. The van der Waals surface area contributed by atoms with E-state index in [-0.39, 0.29) is 10.8 Å². The van der Waals surface area contributed by atoms with Crippen LogP contribution in [0, 0.1) is 0 Å². The topological polar surface area (TPSA) is 66.5 Å². The molecule has 2 aromatic rings. The van der Waals surface area contributed by atoms with E-state index in [0.717, 1.165) is 30.6 Å². The fourth-order valence-corrected chi connectivity index (χ4v) is 5.08. The van der Waals surface area contributed by atoms with E-state index in [1.807, 2.05) is 30.5 Å². The van der Waals surface area contributed by atoms with Crippen LogP contribution in [0.3, 0.4) is 0 Å². The first-order valence-electron chi connectivity index (χ1n) is 9.06. The summed E-state index contributed by atoms with van der Waals surface area (Å²) in [5.41, 5.74) is 1.01. The molecular formula is C20H24N2O3S2. The van der Waals surface area contributed by atoms with Crippen molar-refractivity contribution in [2.75, 3.05) is 24.7 Å². The summed E-state index contributed by atoms with van der Waals surface area (Å²) < 4.78 is 27.4. The molecule has 1 N–H and O–H groups in total. The van der Waals surface area contributed by atoms with Gasteiger partial charge in [-0.05, 0) is 61.6 Å². The minimum Gasteiger partial charge on any atom is -0.322 e. The van der Waals surface area contributed by atoms with Crippen LogP contribution in [0.1, 0.15) is 36.0 Å². The summed E-state index contributed by atoms with van der Waals surface area (Å²) in [5.74, 6) is -0.320. The van der Waals surface area contributed by atoms with Crippen molar-refractivity contribution in [3.8, 4) is 0 Å². The lowest BCUT2D eigenvalue weighted by Gasteiger charge is -2.20. The molecule has 1 amide bonds. The number of benzene rings is 2. The molecule has 0 radical (unpaired) electrons. The van der Waals surface area contributed by atoms with Gasteiger partial charge in [-0.15, -0.1) is 11.8 Å². The molecule has 0 atom stereocenters. The van der Waals surface area contributed by atoms with Gasteiger partial charge in [0.2, 0.25) is 10.0 Å². The molecule has 0 aliphatic carbocycles. The van der Waals surface area contributed by atoms with E-state index in [1.165, 1.54) is 10.4 Å². The van der Waals surface area contributed by atoms with Crippen LogP contribution in [0.25, 0.3) is 0 Å². The fraction of sp³-hybridized carbons (Fsp3) is 0.350. The lowest BCUT2D eigenvalue weighted by molar-refractivity contribution is 0.102. The molecule has 1 fully saturated rings. The number of amides is 1. The molecule has 3 rings (SSSR count). The molecule has 2 aromatic carbocycles. The molecule has 7 heteroatoms. The number of hydrogen-bond donors (Lipinski definition) is 1. The summed E-state index contributed by atoms with van der Waals surface area (Å²) in [6.45, 7) is 1.08. The fourth-order valence-electron chi connectivity index (χ4n) is 3.11. The second-order valence-electron chi connectivity index (χ2n) is 6.53. The number of nitrogens with zero attached hydrogens (tertiary/aromatic N) is 1. The van der Waals surface area contributed by atoms with Crippen LogP contribution in [0.5, 0.6) is 0 Å².